The van der Waals surface area contributed by atoms with Gasteiger partial charge in [0.25, 0.3) is 0 Å². The highest BCUT2D eigenvalue weighted by Gasteiger charge is 2.24. The van der Waals surface area contributed by atoms with Gasteiger partial charge in [0.1, 0.15) is 0 Å². The summed E-state index contributed by atoms with van der Waals surface area (Å²) >= 11 is 0. The molecule has 0 spiro atoms. The van der Waals surface area contributed by atoms with Gasteiger partial charge in [-0.15, -0.1) is 0 Å². The zero-order valence-electron chi connectivity index (χ0n) is 13.2. The van der Waals surface area contributed by atoms with Crippen molar-refractivity contribution < 1.29 is 4.79 Å². The summed E-state index contributed by atoms with van der Waals surface area (Å²) in [6, 6.07) is 19.6. The van der Waals surface area contributed by atoms with E-state index in [9.17, 15) is 4.79 Å². The molecule has 0 atom stereocenters. The van der Waals surface area contributed by atoms with Crippen LogP contribution in [0.4, 0.5) is 10.5 Å². The Balaban J connectivity index is 1.55. The molecule has 2 heterocycles. The largest absolute Gasteiger partial charge is 0.322 e. The molecule has 1 aliphatic heterocycles. The Hall–Kier alpha value is -3.08. The van der Waals surface area contributed by atoms with Crippen LogP contribution in [0.2, 0.25) is 0 Å². The van der Waals surface area contributed by atoms with Gasteiger partial charge in [-0.3, -0.25) is 4.68 Å². The molecule has 0 fully saturated rings. The van der Waals surface area contributed by atoms with E-state index in [-0.39, 0.29) is 6.03 Å². The van der Waals surface area contributed by atoms with E-state index in [1.807, 2.05) is 64.3 Å². The SMILES string of the molecule is O=C(Nc1ccccc1)N1CCn2ncc(-c3ccccc3)c2C1. The second-order valence-electron chi connectivity index (χ2n) is 5.81. The molecule has 3 aromatic rings. The van der Waals surface area contributed by atoms with Crippen molar-refractivity contribution >= 4 is 11.7 Å². The number of para-hydroxylation sites is 1. The van der Waals surface area contributed by atoms with Gasteiger partial charge >= 0.3 is 6.03 Å². The number of aromatic nitrogens is 2. The van der Waals surface area contributed by atoms with Crippen LogP contribution < -0.4 is 5.32 Å². The topological polar surface area (TPSA) is 50.2 Å². The number of carbonyl (C=O) groups excluding carboxylic acids is 1. The Bertz CT molecular complexity index is 842. The molecular formula is C19H18N4O. The third-order valence-electron chi connectivity index (χ3n) is 4.27. The lowest BCUT2D eigenvalue weighted by Gasteiger charge is -2.28. The quantitative estimate of drug-likeness (QED) is 0.785. The van der Waals surface area contributed by atoms with Crippen molar-refractivity contribution in [2.75, 3.05) is 11.9 Å². The van der Waals surface area contributed by atoms with Crippen LogP contribution in [0, 0.1) is 0 Å². The summed E-state index contributed by atoms with van der Waals surface area (Å²) in [5.41, 5.74) is 4.11. The maximum absolute atomic E-state index is 12.5. The van der Waals surface area contributed by atoms with Gasteiger partial charge in [-0.05, 0) is 17.7 Å². The summed E-state index contributed by atoms with van der Waals surface area (Å²) in [5, 5.41) is 7.42. The van der Waals surface area contributed by atoms with E-state index in [0.29, 0.717) is 19.6 Å². The molecule has 2 aromatic carbocycles. The molecule has 0 aliphatic carbocycles. The third-order valence-corrected chi connectivity index (χ3v) is 4.27. The minimum atomic E-state index is -0.0762. The summed E-state index contributed by atoms with van der Waals surface area (Å²) in [4.78, 5) is 14.4. The lowest BCUT2D eigenvalue weighted by atomic mass is 10.1. The molecular weight excluding hydrogens is 300 g/mol. The Morgan fingerprint density at radius 1 is 0.958 bits per heavy atom. The first-order valence-electron chi connectivity index (χ1n) is 8.02. The molecule has 0 saturated carbocycles. The van der Waals surface area contributed by atoms with E-state index in [4.69, 9.17) is 0 Å². The molecule has 24 heavy (non-hydrogen) atoms. The van der Waals surface area contributed by atoms with Crippen LogP contribution in [0.1, 0.15) is 5.69 Å². The zero-order chi connectivity index (χ0) is 16.4. The fourth-order valence-corrected chi connectivity index (χ4v) is 3.00. The van der Waals surface area contributed by atoms with Crippen LogP contribution in [0.15, 0.2) is 66.9 Å². The maximum Gasteiger partial charge on any atom is 0.322 e. The fourth-order valence-electron chi connectivity index (χ4n) is 3.00. The van der Waals surface area contributed by atoms with Crippen molar-refractivity contribution in [2.24, 2.45) is 0 Å². The van der Waals surface area contributed by atoms with Crippen LogP contribution in [-0.4, -0.2) is 27.3 Å². The summed E-state index contributed by atoms with van der Waals surface area (Å²) in [6.07, 6.45) is 1.89. The molecule has 1 aromatic heterocycles. The highest BCUT2D eigenvalue weighted by atomic mass is 16.2. The molecule has 120 valence electrons. The van der Waals surface area contributed by atoms with Crippen LogP contribution in [0.25, 0.3) is 11.1 Å². The van der Waals surface area contributed by atoms with E-state index >= 15 is 0 Å². The molecule has 4 rings (SSSR count). The van der Waals surface area contributed by atoms with Gasteiger partial charge in [-0.2, -0.15) is 5.10 Å². The van der Waals surface area contributed by atoms with E-state index in [1.165, 1.54) is 0 Å². The summed E-state index contributed by atoms with van der Waals surface area (Å²) in [5.74, 6) is 0. The van der Waals surface area contributed by atoms with E-state index in [2.05, 4.69) is 22.5 Å². The summed E-state index contributed by atoms with van der Waals surface area (Å²) in [7, 11) is 0. The number of anilines is 1. The lowest BCUT2D eigenvalue weighted by Crippen LogP contribution is -2.41. The van der Waals surface area contributed by atoms with E-state index in [1.54, 1.807) is 0 Å². The molecule has 0 radical (unpaired) electrons. The highest BCUT2D eigenvalue weighted by molar-refractivity contribution is 5.89. The lowest BCUT2D eigenvalue weighted by molar-refractivity contribution is 0.194. The average Bonchev–Trinajstić information content (AvgIpc) is 3.06. The summed E-state index contributed by atoms with van der Waals surface area (Å²) < 4.78 is 1.99. The Morgan fingerprint density at radius 3 is 2.42 bits per heavy atom. The van der Waals surface area contributed by atoms with Gasteiger partial charge in [-0.25, -0.2) is 4.79 Å². The number of hydrogen-bond donors (Lipinski definition) is 1. The summed E-state index contributed by atoms with van der Waals surface area (Å²) in [6.45, 7) is 1.93. The number of fused-ring (bicyclic) bond motifs is 1. The van der Waals surface area contributed by atoms with Crippen molar-refractivity contribution in [1.29, 1.82) is 0 Å². The predicted octanol–water partition coefficient (Wildman–Crippen LogP) is 3.60. The van der Waals surface area contributed by atoms with Gasteiger partial charge in [0.2, 0.25) is 0 Å². The number of rotatable bonds is 2. The van der Waals surface area contributed by atoms with Gasteiger partial charge < -0.3 is 10.2 Å². The molecule has 0 saturated heterocycles. The number of carbonyl (C=O) groups is 1. The molecule has 1 aliphatic rings. The van der Waals surface area contributed by atoms with Gasteiger partial charge in [0.15, 0.2) is 0 Å². The predicted molar refractivity (Wildman–Crippen MR) is 93.5 cm³/mol. The first kappa shape index (κ1) is 14.5. The Morgan fingerprint density at radius 2 is 1.67 bits per heavy atom. The Kier molecular flexibility index (Phi) is 3.75. The number of benzene rings is 2. The molecule has 5 heteroatoms. The second-order valence-corrected chi connectivity index (χ2v) is 5.81. The highest BCUT2D eigenvalue weighted by Crippen LogP contribution is 2.26. The van der Waals surface area contributed by atoms with Gasteiger partial charge in [0, 0.05) is 17.8 Å². The third kappa shape index (κ3) is 2.76. The number of urea groups is 1. The smallest absolute Gasteiger partial charge is 0.317 e. The average molecular weight is 318 g/mol. The first-order chi connectivity index (χ1) is 11.8. The van der Waals surface area contributed by atoms with Crippen LogP contribution in [0.5, 0.6) is 0 Å². The molecule has 1 N–H and O–H groups in total. The molecule has 0 unspecified atom stereocenters. The molecule has 2 amide bonds. The normalized spacial score (nSPS) is 13.4. The van der Waals surface area contributed by atoms with E-state index < -0.39 is 0 Å². The number of nitrogens with zero attached hydrogens (tertiary/aromatic N) is 3. The fraction of sp³-hybridized carbons (Fsp3) is 0.158. The van der Waals surface area contributed by atoms with Crippen LogP contribution in [0.3, 0.4) is 0 Å². The minimum absolute atomic E-state index is 0.0762. The first-order valence-corrected chi connectivity index (χ1v) is 8.02. The van der Waals surface area contributed by atoms with Gasteiger partial charge in [0.05, 0.1) is 25.0 Å². The number of hydrogen-bond acceptors (Lipinski definition) is 2. The van der Waals surface area contributed by atoms with Crippen LogP contribution in [-0.2, 0) is 13.1 Å². The van der Waals surface area contributed by atoms with Crippen molar-refractivity contribution in [3.63, 3.8) is 0 Å². The molecule has 0 bridgehead atoms. The standard InChI is InChI=1S/C19H18N4O/c24-19(21-16-9-5-2-6-10-16)22-11-12-23-18(14-22)17(13-20-23)15-7-3-1-4-8-15/h1-10,13H,11-12,14H2,(H,21,24). The van der Waals surface area contributed by atoms with Gasteiger partial charge in [-0.1, -0.05) is 48.5 Å². The molecule has 5 nitrogen and oxygen atoms in total. The van der Waals surface area contributed by atoms with E-state index in [0.717, 1.165) is 22.5 Å². The van der Waals surface area contributed by atoms with Crippen molar-refractivity contribution in [3.8, 4) is 11.1 Å². The van der Waals surface area contributed by atoms with Crippen molar-refractivity contribution in [3.05, 3.63) is 72.6 Å². The van der Waals surface area contributed by atoms with Crippen molar-refractivity contribution in [2.45, 2.75) is 13.1 Å². The van der Waals surface area contributed by atoms with Crippen LogP contribution >= 0.6 is 0 Å². The maximum atomic E-state index is 12.5. The van der Waals surface area contributed by atoms with Crippen molar-refractivity contribution in [1.82, 2.24) is 14.7 Å². The zero-order valence-corrected chi connectivity index (χ0v) is 13.2. The number of amides is 2. The Labute approximate surface area is 140 Å². The minimum Gasteiger partial charge on any atom is -0.317 e. The number of nitrogens with one attached hydrogen (secondary N) is 1. The monoisotopic (exact) mass is 318 g/mol. The second kappa shape index (κ2) is 6.20.